The molecule has 0 amide bonds. The van der Waals surface area contributed by atoms with Crippen molar-refractivity contribution in [2.45, 2.75) is 19.6 Å². The molecule has 0 aromatic carbocycles. The molecule has 1 N–H and O–H groups in total. The van der Waals surface area contributed by atoms with Crippen LogP contribution < -0.4 is 0 Å². The highest BCUT2D eigenvalue weighted by Crippen LogP contribution is 2.22. The number of hydrogen-bond donors (Lipinski definition) is 1. The van der Waals surface area contributed by atoms with Gasteiger partial charge in [-0.05, 0) is 12.8 Å². The Balaban J connectivity index is 2.91. The first kappa shape index (κ1) is 14.5. The minimum Gasteiger partial charge on any atom is -0.396 e. The second kappa shape index (κ2) is 5.37. The Hall–Kier alpha value is -0.590. The fourth-order valence-electron chi connectivity index (χ4n) is 1.60. The summed E-state index contributed by atoms with van der Waals surface area (Å²) in [5.74, 6) is -0.444. The van der Waals surface area contributed by atoms with E-state index in [2.05, 4.69) is 5.10 Å². The molecule has 0 spiro atoms. The van der Waals surface area contributed by atoms with Gasteiger partial charge in [-0.3, -0.25) is 4.68 Å². The molecule has 0 aliphatic carbocycles. The van der Waals surface area contributed by atoms with E-state index >= 15 is 0 Å². The van der Waals surface area contributed by atoms with Crippen LogP contribution in [0.3, 0.4) is 0 Å². The Bertz CT molecular complexity index is 496. The SMILES string of the molecule is Cc1nn(C)c(Cl)c1CS(=O)(=O)CC(C)CO. The van der Waals surface area contributed by atoms with Gasteiger partial charge in [0.2, 0.25) is 0 Å². The summed E-state index contributed by atoms with van der Waals surface area (Å²) >= 11 is 5.98. The average Bonchev–Trinajstić information content (AvgIpc) is 2.44. The lowest BCUT2D eigenvalue weighted by Crippen LogP contribution is -2.18. The molecule has 1 unspecified atom stereocenters. The molecule has 1 aromatic rings. The highest BCUT2D eigenvalue weighted by atomic mass is 35.5. The minimum absolute atomic E-state index is 0.0475. The van der Waals surface area contributed by atoms with Crippen molar-refractivity contribution in [1.29, 1.82) is 0 Å². The molecule has 0 radical (unpaired) electrons. The first-order valence-electron chi connectivity index (χ1n) is 5.26. The Morgan fingerprint density at radius 3 is 2.53 bits per heavy atom. The molecule has 0 saturated heterocycles. The lowest BCUT2D eigenvalue weighted by atomic mass is 10.2. The van der Waals surface area contributed by atoms with Gasteiger partial charge >= 0.3 is 0 Å². The molecule has 17 heavy (non-hydrogen) atoms. The third-order valence-electron chi connectivity index (χ3n) is 2.48. The highest BCUT2D eigenvalue weighted by molar-refractivity contribution is 7.90. The smallest absolute Gasteiger partial charge is 0.154 e. The van der Waals surface area contributed by atoms with Crippen molar-refractivity contribution in [3.63, 3.8) is 0 Å². The molecule has 1 aromatic heterocycles. The van der Waals surface area contributed by atoms with Gasteiger partial charge < -0.3 is 5.11 Å². The topological polar surface area (TPSA) is 72.2 Å². The van der Waals surface area contributed by atoms with E-state index in [0.29, 0.717) is 16.4 Å². The van der Waals surface area contributed by atoms with Crippen LogP contribution >= 0.6 is 11.6 Å². The van der Waals surface area contributed by atoms with Crippen LogP contribution in [0.1, 0.15) is 18.2 Å². The summed E-state index contributed by atoms with van der Waals surface area (Å²) in [5, 5.41) is 13.3. The predicted molar refractivity (Wildman–Crippen MR) is 66.7 cm³/mol. The van der Waals surface area contributed by atoms with Crippen molar-refractivity contribution in [1.82, 2.24) is 9.78 Å². The van der Waals surface area contributed by atoms with E-state index in [9.17, 15) is 8.42 Å². The van der Waals surface area contributed by atoms with Crippen LogP contribution in [0.5, 0.6) is 0 Å². The molecular formula is C10H17ClN2O3S. The standard InChI is InChI=1S/C10H17ClN2O3S/c1-7(4-14)5-17(15,16)6-9-8(2)12-13(3)10(9)11/h7,14H,4-6H2,1-3H3. The quantitative estimate of drug-likeness (QED) is 0.871. The number of aryl methyl sites for hydroxylation is 2. The molecule has 0 aliphatic rings. The molecule has 0 saturated carbocycles. The third-order valence-corrected chi connectivity index (χ3v) is 4.76. The maximum Gasteiger partial charge on any atom is 0.154 e. The zero-order valence-electron chi connectivity index (χ0n) is 10.1. The monoisotopic (exact) mass is 280 g/mol. The predicted octanol–water partition coefficient (Wildman–Crippen LogP) is 0.925. The normalized spacial score (nSPS) is 13.9. The van der Waals surface area contributed by atoms with Crippen molar-refractivity contribution in [2.75, 3.05) is 12.4 Å². The fourth-order valence-corrected chi connectivity index (χ4v) is 3.80. The molecule has 0 aliphatic heterocycles. The molecule has 1 rings (SSSR count). The maximum atomic E-state index is 11.9. The van der Waals surface area contributed by atoms with Gasteiger partial charge in [0, 0.05) is 19.2 Å². The van der Waals surface area contributed by atoms with E-state index in [0.717, 1.165) is 0 Å². The van der Waals surface area contributed by atoms with E-state index < -0.39 is 9.84 Å². The number of aliphatic hydroxyl groups excluding tert-OH is 1. The van der Waals surface area contributed by atoms with E-state index in [1.165, 1.54) is 4.68 Å². The van der Waals surface area contributed by atoms with Gasteiger partial charge in [-0.15, -0.1) is 0 Å². The molecule has 7 heteroatoms. The van der Waals surface area contributed by atoms with Crippen LogP contribution in [-0.4, -0.2) is 35.7 Å². The number of sulfone groups is 1. The number of nitrogens with zero attached hydrogens (tertiary/aromatic N) is 2. The number of aromatic nitrogens is 2. The summed E-state index contributed by atoms with van der Waals surface area (Å²) in [5.41, 5.74) is 1.16. The molecular weight excluding hydrogens is 264 g/mol. The largest absolute Gasteiger partial charge is 0.396 e. The van der Waals surface area contributed by atoms with Crippen molar-refractivity contribution in [2.24, 2.45) is 13.0 Å². The number of aliphatic hydroxyl groups is 1. The van der Waals surface area contributed by atoms with Gasteiger partial charge in [0.15, 0.2) is 9.84 Å². The van der Waals surface area contributed by atoms with Crippen molar-refractivity contribution < 1.29 is 13.5 Å². The maximum absolute atomic E-state index is 11.9. The molecule has 98 valence electrons. The molecule has 5 nitrogen and oxygen atoms in total. The van der Waals surface area contributed by atoms with Crippen molar-refractivity contribution in [3.8, 4) is 0 Å². The Morgan fingerprint density at radius 1 is 1.53 bits per heavy atom. The first-order valence-corrected chi connectivity index (χ1v) is 7.46. The molecule has 0 fully saturated rings. The zero-order valence-corrected chi connectivity index (χ0v) is 11.7. The summed E-state index contributed by atoms with van der Waals surface area (Å²) < 4.78 is 25.2. The van der Waals surface area contributed by atoms with Crippen LogP contribution in [0.25, 0.3) is 0 Å². The van der Waals surface area contributed by atoms with E-state index in [1.807, 2.05) is 0 Å². The van der Waals surface area contributed by atoms with Crippen LogP contribution in [0, 0.1) is 12.8 Å². The summed E-state index contributed by atoms with van der Waals surface area (Å²) in [7, 11) is -1.61. The second-order valence-corrected chi connectivity index (χ2v) is 6.79. The number of rotatable bonds is 5. The number of halogens is 1. The van der Waals surface area contributed by atoms with Crippen LogP contribution in [-0.2, 0) is 22.6 Å². The van der Waals surface area contributed by atoms with E-state index in [4.69, 9.17) is 16.7 Å². The molecule has 1 heterocycles. The lowest BCUT2D eigenvalue weighted by molar-refractivity contribution is 0.249. The summed E-state index contributed by atoms with van der Waals surface area (Å²) in [4.78, 5) is 0. The lowest BCUT2D eigenvalue weighted by Gasteiger charge is -2.08. The average molecular weight is 281 g/mol. The van der Waals surface area contributed by atoms with Gasteiger partial charge in [0.05, 0.1) is 17.2 Å². The van der Waals surface area contributed by atoms with Crippen LogP contribution in [0.2, 0.25) is 5.15 Å². The second-order valence-electron chi connectivity index (χ2n) is 4.32. The van der Waals surface area contributed by atoms with Gasteiger partial charge in [0.1, 0.15) is 5.15 Å². The van der Waals surface area contributed by atoms with Crippen molar-refractivity contribution >= 4 is 21.4 Å². The van der Waals surface area contributed by atoms with Gasteiger partial charge in [-0.1, -0.05) is 18.5 Å². The number of hydrogen-bond acceptors (Lipinski definition) is 4. The van der Waals surface area contributed by atoms with Gasteiger partial charge in [-0.2, -0.15) is 5.10 Å². The summed E-state index contributed by atoms with van der Waals surface area (Å²) in [6.07, 6.45) is 0. The Labute approximate surface area is 106 Å². The summed E-state index contributed by atoms with van der Waals surface area (Å²) in [6.45, 7) is 3.28. The van der Waals surface area contributed by atoms with E-state index in [1.54, 1.807) is 20.9 Å². The minimum atomic E-state index is -3.28. The van der Waals surface area contributed by atoms with Gasteiger partial charge in [-0.25, -0.2) is 8.42 Å². The third kappa shape index (κ3) is 3.69. The first-order chi connectivity index (χ1) is 7.76. The van der Waals surface area contributed by atoms with Crippen LogP contribution in [0.15, 0.2) is 0 Å². The summed E-state index contributed by atoms with van der Waals surface area (Å²) in [6, 6.07) is 0. The zero-order chi connectivity index (χ0) is 13.2. The highest BCUT2D eigenvalue weighted by Gasteiger charge is 2.21. The van der Waals surface area contributed by atoms with Crippen molar-refractivity contribution in [3.05, 3.63) is 16.4 Å². The Kier molecular flexibility index (Phi) is 4.57. The molecule has 0 bridgehead atoms. The van der Waals surface area contributed by atoms with Gasteiger partial charge in [0.25, 0.3) is 0 Å². The Morgan fingerprint density at radius 2 is 2.12 bits per heavy atom. The van der Waals surface area contributed by atoms with E-state index in [-0.39, 0.29) is 24.0 Å². The van der Waals surface area contributed by atoms with Crippen LogP contribution in [0.4, 0.5) is 0 Å². The molecule has 1 atom stereocenters. The fraction of sp³-hybridized carbons (Fsp3) is 0.700.